The molecule has 1 amide bonds. The summed E-state index contributed by atoms with van der Waals surface area (Å²) in [7, 11) is 1.24. The molecule has 84 valence electrons. The van der Waals surface area contributed by atoms with Crippen LogP contribution in [0, 0.1) is 0 Å². The largest absolute Gasteiger partial charge is 0.394 e. The number of rotatable bonds is 5. The number of hydrogen-bond donors (Lipinski definition) is 6. The van der Waals surface area contributed by atoms with Gasteiger partial charge in [-0.15, -0.1) is 0 Å². The van der Waals surface area contributed by atoms with Gasteiger partial charge in [0.25, 0.3) is 5.91 Å². The van der Waals surface area contributed by atoms with Gasteiger partial charge in [0, 0.05) is 7.05 Å². The average molecular weight is 209 g/mol. The highest BCUT2D eigenvalue weighted by Crippen LogP contribution is 2.04. The molecule has 0 aromatic rings. The van der Waals surface area contributed by atoms with Crippen LogP contribution in [-0.4, -0.2) is 69.5 Å². The fourth-order valence-corrected chi connectivity index (χ4v) is 0.825. The number of amides is 1. The normalized spacial score (nSPS) is 19.6. The van der Waals surface area contributed by atoms with Crippen LogP contribution in [0.25, 0.3) is 0 Å². The number of carbonyl (C=O) groups excluding carboxylic acids is 1. The van der Waals surface area contributed by atoms with E-state index in [0.29, 0.717) is 0 Å². The summed E-state index contributed by atoms with van der Waals surface area (Å²) in [6.45, 7) is -0.779. The quantitative estimate of drug-likeness (QED) is 0.275. The van der Waals surface area contributed by atoms with Crippen LogP contribution in [-0.2, 0) is 4.79 Å². The van der Waals surface area contributed by atoms with E-state index in [1.807, 2.05) is 0 Å². The monoisotopic (exact) mass is 209 g/mol. The van der Waals surface area contributed by atoms with Gasteiger partial charge in [-0.3, -0.25) is 4.79 Å². The van der Waals surface area contributed by atoms with Crippen molar-refractivity contribution in [2.75, 3.05) is 13.7 Å². The molecule has 4 atom stereocenters. The third-order valence-corrected chi connectivity index (χ3v) is 1.77. The van der Waals surface area contributed by atoms with Crippen LogP contribution >= 0.6 is 0 Å². The lowest BCUT2D eigenvalue weighted by atomic mass is 10.0. The number of aliphatic hydroxyl groups excluding tert-OH is 5. The van der Waals surface area contributed by atoms with Gasteiger partial charge in [0.05, 0.1) is 6.61 Å². The number of carbonyl (C=O) groups is 1. The summed E-state index contributed by atoms with van der Waals surface area (Å²) in [4.78, 5) is 10.8. The van der Waals surface area contributed by atoms with Gasteiger partial charge in [-0.05, 0) is 0 Å². The third kappa shape index (κ3) is 3.20. The summed E-state index contributed by atoms with van der Waals surface area (Å²) in [5.74, 6) is -0.887. The minimum Gasteiger partial charge on any atom is -0.394 e. The van der Waals surface area contributed by atoms with E-state index in [1.54, 1.807) is 0 Å². The maximum atomic E-state index is 10.8. The molecule has 0 saturated carbocycles. The minimum atomic E-state index is -1.85. The summed E-state index contributed by atoms with van der Waals surface area (Å²) in [5, 5.41) is 46.7. The van der Waals surface area contributed by atoms with Crippen LogP contribution in [0.3, 0.4) is 0 Å². The molecular formula is C7H15NO6. The molecule has 14 heavy (non-hydrogen) atoms. The van der Waals surface area contributed by atoms with Crippen molar-refractivity contribution in [3.63, 3.8) is 0 Å². The summed E-state index contributed by atoms with van der Waals surface area (Å²) in [6, 6.07) is 0. The Labute approximate surface area is 80.6 Å². The molecule has 0 aliphatic carbocycles. The van der Waals surface area contributed by atoms with E-state index in [0.717, 1.165) is 0 Å². The topological polar surface area (TPSA) is 130 Å². The number of aliphatic hydroxyl groups is 5. The lowest BCUT2D eigenvalue weighted by Crippen LogP contribution is -2.51. The van der Waals surface area contributed by atoms with Gasteiger partial charge in [0.15, 0.2) is 6.10 Å². The van der Waals surface area contributed by atoms with E-state index >= 15 is 0 Å². The first-order valence-electron chi connectivity index (χ1n) is 4.00. The molecule has 0 radical (unpaired) electrons. The summed E-state index contributed by atoms with van der Waals surface area (Å²) in [5.41, 5.74) is 0. The molecule has 0 aliphatic rings. The van der Waals surface area contributed by atoms with Crippen LogP contribution in [0.1, 0.15) is 0 Å². The zero-order valence-electron chi connectivity index (χ0n) is 7.66. The molecule has 0 fully saturated rings. The van der Waals surface area contributed by atoms with Crippen molar-refractivity contribution in [1.82, 2.24) is 5.32 Å². The van der Waals surface area contributed by atoms with Crippen LogP contribution < -0.4 is 5.32 Å². The van der Waals surface area contributed by atoms with Crippen LogP contribution in [0.2, 0.25) is 0 Å². The molecular weight excluding hydrogens is 194 g/mol. The molecule has 0 unspecified atom stereocenters. The van der Waals surface area contributed by atoms with Gasteiger partial charge in [0.2, 0.25) is 0 Å². The second-order valence-corrected chi connectivity index (χ2v) is 2.79. The molecule has 0 rings (SSSR count). The van der Waals surface area contributed by atoms with Crippen molar-refractivity contribution >= 4 is 5.91 Å². The Morgan fingerprint density at radius 3 is 2.07 bits per heavy atom. The predicted octanol–water partition coefficient (Wildman–Crippen LogP) is -3.83. The number of hydrogen-bond acceptors (Lipinski definition) is 6. The van der Waals surface area contributed by atoms with Crippen molar-refractivity contribution in [2.24, 2.45) is 0 Å². The number of nitrogens with one attached hydrogen (secondary N) is 1. The first-order valence-corrected chi connectivity index (χ1v) is 4.00. The maximum Gasteiger partial charge on any atom is 0.251 e. The van der Waals surface area contributed by atoms with Crippen LogP contribution in [0.5, 0.6) is 0 Å². The van der Waals surface area contributed by atoms with Crippen molar-refractivity contribution in [3.8, 4) is 0 Å². The van der Waals surface area contributed by atoms with Crippen molar-refractivity contribution < 1.29 is 30.3 Å². The Hall–Kier alpha value is -0.730. The molecule has 0 spiro atoms. The van der Waals surface area contributed by atoms with E-state index < -0.39 is 36.9 Å². The van der Waals surface area contributed by atoms with Gasteiger partial charge in [-0.2, -0.15) is 0 Å². The average Bonchev–Trinajstić information content (AvgIpc) is 2.23. The van der Waals surface area contributed by atoms with Crippen LogP contribution in [0.15, 0.2) is 0 Å². The lowest BCUT2D eigenvalue weighted by molar-refractivity contribution is -0.148. The highest BCUT2D eigenvalue weighted by Gasteiger charge is 2.33. The molecule has 6 N–H and O–H groups in total. The second kappa shape index (κ2) is 5.89. The first-order chi connectivity index (χ1) is 6.45. The Morgan fingerprint density at radius 2 is 1.71 bits per heavy atom. The smallest absolute Gasteiger partial charge is 0.251 e. The standard InChI is InChI=1S/C7H15NO6/c1-8-7(14)6(13)5(12)4(11)3(10)2-9/h3-6,9-13H,2H2,1H3,(H,8,14)/t3-,4+,5+,6+/m1/s1. The fraction of sp³-hybridized carbons (Fsp3) is 0.857. The fourth-order valence-electron chi connectivity index (χ4n) is 0.825. The van der Waals surface area contributed by atoms with E-state index in [-0.39, 0.29) is 0 Å². The molecule has 0 aromatic carbocycles. The van der Waals surface area contributed by atoms with Gasteiger partial charge in [-0.25, -0.2) is 0 Å². The maximum absolute atomic E-state index is 10.8. The Morgan fingerprint density at radius 1 is 1.21 bits per heavy atom. The van der Waals surface area contributed by atoms with Gasteiger partial charge >= 0.3 is 0 Å². The predicted molar refractivity (Wildman–Crippen MR) is 45.2 cm³/mol. The highest BCUT2D eigenvalue weighted by molar-refractivity contribution is 5.80. The molecule has 0 saturated heterocycles. The molecule has 7 nitrogen and oxygen atoms in total. The Balaban J connectivity index is 4.30. The second-order valence-electron chi connectivity index (χ2n) is 2.79. The van der Waals surface area contributed by atoms with Gasteiger partial charge in [0.1, 0.15) is 18.3 Å². The number of likely N-dealkylation sites (N-methyl/N-ethyl adjacent to an activating group) is 1. The third-order valence-electron chi connectivity index (χ3n) is 1.77. The SMILES string of the molecule is CNC(=O)[C@@H](O)[C@@H](O)[C@@H](O)[C@H](O)CO. The summed E-state index contributed by atoms with van der Waals surface area (Å²) >= 11 is 0. The van der Waals surface area contributed by atoms with Crippen molar-refractivity contribution in [1.29, 1.82) is 0 Å². The van der Waals surface area contributed by atoms with Gasteiger partial charge in [-0.1, -0.05) is 0 Å². The Bertz CT molecular complexity index is 187. The molecule has 0 bridgehead atoms. The van der Waals surface area contributed by atoms with Gasteiger partial charge < -0.3 is 30.8 Å². The zero-order chi connectivity index (χ0) is 11.3. The zero-order valence-corrected chi connectivity index (χ0v) is 7.66. The van der Waals surface area contributed by atoms with E-state index in [2.05, 4.69) is 5.32 Å². The highest BCUT2D eigenvalue weighted by atomic mass is 16.4. The van der Waals surface area contributed by atoms with E-state index in [1.165, 1.54) is 7.05 Å². The summed E-state index contributed by atoms with van der Waals surface area (Å²) < 4.78 is 0. The molecule has 7 heteroatoms. The molecule has 0 aromatic heterocycles. The minimum absolute atomic E-state index is 0.779. The van der Waals surface area contributed by atoms with Crippen LogP contribution in [0.4, 0.5) is 0 Å². The summed E-state index contributed by atoms with van der Waals surface area (Å²) in [6.07, 6.45) is -7.09. The van der Waals surface area contributed by atoms with E-state index in [4.69, 9.17) is 25.5 Å². The lowest BCUT2D eigenvalue weighted by Gasteiger charge is -2.24. The molecule has 0 aliphatic heterocycles. The van der Waals surface area contributed by atoms with Crippen molar-refractivity contribution in [3.05, 3.63) is 0 Å². The molecule has 0 heterocycles. The first kappa shape index (κ1) is 13.3. The Kier molecular flexibility index (Phi) is 5.58. The van der Waals surface area contributed by atoms with E-state index in [9.17, 15) is 4.79 Å². The van der Waals surface area contributed by atoms with Crippen molar-refractivity contribution in [2.45, 2.75) is 24.4 Å².